The van der Waals surface area contributed by atoms with Crippen LogP contribution in [0.3, 0.4) is 0 Å². The van der Waals surface area contributed by atoms with Gasteiger partial charge in [0.1, 0.15) is 25.0 Å². The molecule has 0 bridgehead atoms. The first kappa shape index (κ1) is 23.4. The molecule has 178 valence electrons. The third-order valence-corrected chi connectivity index (χ3v) is 6.92. The van der Waals surface area contributed by atoms with Gasteiger partial charge in [-0.3, -0.25) is 9.10 Å². The third kappa shape index (κ3) is 5.26. The predicted molar refractivity (Wildman–Crippen MR) is 128 cm³/mol. The second-order valence-electron chi connectivity index (χ2n) is 7.53. The van der Waals surface area contributed by atoms with Crippen LogP contribution in [-0.2, 0) is 14.8 Å². The SMILES string of the molecule is CCOc1ccccc1N(CC(=O)NCC1COc2ccccc2O1)S(=O)(=O)c1ccccc1. The fraction of sp³-hybridized carbons (Fsp3) is 0.240. The van der Waals surface area contributed by atoms with E-state index < -0.39 is 28.6 Å². The zero-order chi connectivity index (χ0) is 24.0. The van der Waals surface area contributed by atoms with Crippen LogP contribution in [0, 0.1) is 0 Å². The Bertz CT molecular complexity index is 1230. The van der Waals surface area contributed by atoms with E-state index in [1.165, 1.54) is 12.1 Å². The molecule has 8 nitrogen and oxygen atoms in total. The molecule has 1 unspecified atom stereocenters. The number of benzene rings is 3. The van der Waals surface area contributed by atoms with E-state index in [9.17, 15) is 13.2 Å². The van der Waals surface area contributed by atoms with Crippen LogP contribution in [0.25, 0.3) is 0 Å². The van der Waals surface area contributed by atoms with E-state index in [-0.39, 0.29) is 23.7 Å². The highest BCUT2D eigenvalue weighted by atomic mass is 32.2. The Labute approximate surface area is 199 Å². The van der Waals surface area contributed by atoms with Crippen LogP contribution in [0.4, 0.5) is 5.69 Å². The van der Waals surface area contributed by atoms with Crippen molar-refractivity contribution in [1.82, 2.24) is 5.32 Å². The summed E-state index contributed by atoms with van der Waals surface area (Å²) < 4.78 is 45.3. The quantitative estimate of drug-likeness (QED) is 0.503. The molecule has 1 heterocycles. The van der Waals surface area contributed by atoms with Crippen molar-refractivity contribution in [2.75, 3.05) is 30.6 Å². The summed E-state index contributed by atoms with van der Waals surface area (Å²) in [6.45, 7) is 2.17. The Kier molecular flexibility index (Phi) is 7.22. The van der Waals surface area contributed by atoms with Gasteiger partial charge in [-0.1, -0.05) is 42.5 Å². The lowest BCUT2D eigenvalue weighted by Gasteiger charge is -2.28. The van der Waals surface area contributed by atoms with Crippen LogP contribution >= 0.6 is 0 Å². The predicted octanol–water partition coefficient (Wildman–Crippen LogP) is 3.24. The third-order valence-electron chi connectivity index (χ3n) is 5.15. The molecule has 1 aliphatic heterocycles. The number of amides is 1. The first-order valence-corrected chi connectivity index (χ1v) is 12.4. The number of rotatable bonds is 9. The van der Waals surface area contributed by atoms with E-state index >= 15 is 0 Å². The number of hydrogen-bond acceptors (Lipinski definition) is 6. The second kappa shape index (κ2) is 10.5. The van der Waals surface area contributed by atoms with Crippen molar-refractivity contribution < 1.29 is 27.4 Å². The standard InChI is InChI=1S/C25H26N2O6S/c1-2-31-22-13-7-6-12-21(22)27(34(29,30)20-10-4-3-5-11-20)17-25(28)26-16-19-18-32-23-14-8-9-15-24(23)33-19/h3-15,19H,2,16-18H2,1H3,(H,26,28). The second-order valence-corrected chi connectivity index (χ2v) is 9.39. The molecule has 1 amide bonds. The molecule has 0 fully saturated rings. The number of para-hydroxylation sites is 4. The van der Waals surface area contributed by atoms with E-state index in [1.807, 2.05) is 25.1 Å². The van der Waals surface area contributed by atoms with Crippen molar-refractivity contribution in [1.29, 1.82) is 0 Å². The van der Waals surface area contributed by atoms with Gasteiger partial charge in [-0.15, -0.1) is 0 Å². The Balaban J connectivity index is 1.52. The summed E-state index contributed by atoms with van der Waals surface area (Å²) in [4.78, 5) is 13.0. The maximum atomic E-state index is 13.5. The summed E-state index contributed by atoms with van der Waals surface area (Å²) in [5, 5.41) is 2.77. The molecular formula is C25H26N2O6S. The maximum Gasteiger partial charge on any atom is 0.264 e. The molecule has 0 saturated heterocycles. The van der Waals surface area contributed by atoms with Gasteiger partial charge in [0.15, 0.2) is 11.5 Å². The zero-order valence-corrected chi connectivity index (χ0v) is 19.5. The number of nitrogens with zero attached hydrogens (tertiary/aromatic N) is 1. The van der Waals surface area contributed by atoms with Gasteiger partial charge in [-0.05, 0) is 43.3 Å². The Morgan fingerprint density at radius 1 is 1.00 bits per heavy atom. The average Bonchev–Trinajstić information content (AvgIpc) is 2.87. The fourth-order valence-electron chi connectivity index (χ4n) is 3.54. The van der Waals surface area contributed by atoms with Gasteiger partial charge in [0.2, 0.25) is 5.91 Å². The number of carbonyl (C=O) groups excluding carboxylic acids is 1. The average molecular weight is 483 g/mol. The van der Waals surface area contributed by atoms with Crippen LogP contribution in [0.15, 0.2) is 83.8 Å². The number of hydrogen-bond donors (Lipinski definition) is 1. The first-order chi connectivity index (χ1) is 16.5. The lowest BCUT2D eigenvalue weighted by molar-refractivity contribution is -0.120. The molecule has 34 heavy (non-hydrogen) atoms. The molecule has 3 aromatic rings. The minimum Gasteiger partial charge on any atom is -0.492 e. The lowest BCUT2D eigenvalue weighted by atomic mass is 10.2. The van der Waals surface area contributed by atoms with Gasteiger partial charge in [-0.25, -0.2) is 8.42 Å². The number of nitrogens with one attached hydrogen (secondary N) is 1. The van der Waals surface area contributed by atoms with E-state index in [4.69, 9.17) is 14.2 Å². The van der Waals surface area contributed by atoms with Crippen LogP contribution in [0.5, 0.6) is 17.2 Å². The summed E-state index contributed by atoms with van der Waals surface area (Å²) in [6.07, 6.45) is -0.395. The molecule has 9 heteroatoms. The monoisotopic (exact) mass is 482 g/mol. The van der Waals surface area contributed by atoms with Gasteiger partial charge in [0, 0.05) is 0 Å². The molecule has 0 aliphatic carbocycles. The highest BCUT2D eigenvalue weighted by molar-refractivity contribution is 7.92. The highest BCUT2D eigenvalue weighted by Crippen LogP contribution is 2.33. The van der Waals surface area contributed by atoms with Crippen molar-refractivity contribution in [2.45, 2.75) is 17.9 Å². The van der Waals surface area contributed by atoms with Gasteiger partial charge in [0.05, 0.1) is 23.7 Å². The highest BCUT2D eigenvalue weighted by Gasteiger charge is 2.30. The molecule has 3 aromatic carbocycles. The zero-order valence-electron chi connectivity index (χ0n) is 18.7. The van der Waals surface area contributed by atoms with Crippen LogP contribution in [-0.4, -0.2) is 46.7 Å². The molecule has 1 aliphatic rings. The van der Waals surface area contributed by atoms with Gasteiger partial charge in [-0.2, -0.15) is 0 Å². The molecule has 0 spiro atoms. The van der Waals surface area contributed by atoms with Crippen LogP contribution < -0.4 is 23.8 Å². The minimum absolute atomic E-state index is 0.0784. The summed E-state index contributed by atoms with van der Waals surface area (Å²) in [5.74, 6) is 1.15. The molecule has 1 N–H and O–H groups in total. The molecule has 4 rings (SSSR count). The summed E-state index contributed by atoms with van der Waals surface area (Å²) in [5.41, 5.74) is 0.287. The molecule has 0 radical (unpaired) electrons. The topological polar surface area (TPSA) is 94.2 Å². The molecule has 0 saturated carbocycles. The Hall–Kier alpha value is -3.72. The van der Waals surface area contributed by atoms with Gasteiger partial charge < -0.3 is 19.5 Å². The van der Waals surface area contributed by atoms with E-state index in [0.717, 1.165) is 4.31 Å². The van der Waals surface area contributed by atoms with Crippen molar-refractivity contribution >= 4 is 21.6 Å². The van der Waals surface area contributed by atoms with E-state index in [2.05, 4.69) is 5.32 Å². The van der Waals surface area contributed by atoms with Crippen molar-refractivity contribution in [3.8, 4) is 17.2 Å². The summed E-state index contributed by atoms with van der Waals surface area (Å²) in [6, 6.07) is 22.0. The number of sulfonamides is 1. The number of carbonyl (C=O) groups is 1. The Morgan fingerprint density at radius 2 is 1.68 bits per heavy atom. The fourth-order valence-corrected chi connectivity index (χ4v) is 4.99. The van der Waals surface area contributed by atoms with Gasteiger partial charge >= 0.3 is 0 Å². The Morgan fingerprint density at radius 3 is 2.44 bits per heavy atom. The first-order valence-electron chi connectivity index (χ1n) is 10.9. The molecule has 1 atom stereocenters. The minimum atomic E-state index is -4.04. The lowest BCUT2D eigenvalue weighted by Crippen LogP contribution is -2.45. The smallest absolute Gasteiger partial charge is 0.264 e. The number of ether oxygens (including phenoxy) is 3. The van der Waals surface area contributed by atoms with Crippen LogP contribution in [0.2, 0.25) is 0 Å². The van der Waals surface area contributed by atoms with Crippen molar-refractivity contribution in [2.24, 2.45) is 0 Å². The summed E-state index contributed by atoms with van der Waals surface area (Å²) in [7, 11) is -4.04. The summed E-state index contributed by atoms with van der Waals surface area (Å²) >= 11 is 0. The normalized spacial score (nSPS) is 14.8. The number of anilines is 1. The van der Waals surface area contributed by atoms with Crippen LogP contribution in [0.1, 0.15) is 6.92 Å². The maximum absolute atomic E-state index is 13.5. The molecular weight excluding hydrogens is 456 g/mol. The largest absolute Gasteiger partial charge is 0.492 e. The van der Waals surface area contributed by atoms with Gasteiger partial charge in [0.25, 0.3) is 10.0 Å². The molecule has 0 aromatic heterocycles. The van der Waals surface area contributed by atoms with E-state index in [0.29, 0.717) is 23.9 Å². The van der Waals surface area contributed by atoms with E-state index in [1.54, 1.807) is 48.5 Å². The van der Waals surface area contributed by atoms with Crippen molar-refractivity contribution in [3.05, 3.63) is 78.9 Å². The number of fused-ring (bicyclic) bond motifs is 1. The van der Waals surface area contributed by atoms with Crippen molar-refractivity contribution in [3.63, 3.8) is 0 Å².